The number of nitrogens with zero attached hydrogens (tertiary/aromatic N) is 3. The van der Waals surface area contributed by atoms with E-state index >= 15 is 0 Å². The molecule has 1 aliphatic heterocycles. The number of aromatic amines is 1. The van der Waals surface area contributed by atoms with Crippen LogP contribution in [0.2, 0.25) is 0 Å². The van der Waals surface area contributed by atoms with Crippen LogP contribution in [0.15, 0.2) is 45.1 Å². The highest BCUT2D eigenvalue weighted by Gasteiger charge is 2.26. The lowest BCUT2D eigenvalue weighted by atomic mass is 9.93. The van der Waals surface area contributed by atoms with E-state index in [1.807, 2.05) is 22.4 Å². The van der Waals surface area contributed by atoms with E-state index < -0.39 is 0 Å². The van der Waals surface area contributed by atoms with Gasteiger partial charge >= 0.3 is 5.69 Å². The van der Waals surface area contributed by atoms with Gasteiger partial charge in [-0.3, -0.25) is 4.79 Å². The van der Waals surface area contributed by atoms with Crippen LogP contribution in [-0.4, -0.2) is 38.7 Å². The van der Waals surface area contributed by atoms with Crippen LogP contribution >= 0.6 is 11.3 Å². The monoisotopic (exact) mass is 358 g/mol. The first kappa shape index (κ1) is 15.9. The summed E-state index contributed by atoms with van der Waals surface area (Å²) in [5.74, 6) is 1.48. The SMILES string of the molecule is O=C(c1ccco1)N1CCC(Cc2n[nH]c(=O)n2-c2cccs2)CC1. The molecular formula is C17H18N4O3S. The standard InChI is InChI=1S/C17H18N4O3S/c22-16(13-3-1-9-24-13)20-7-5-12(6-8-20)11-14-18-19-17(23)21(14)15-4-2-10-25-15/h1-4,9-10,12H,5-8,11H2,(H,19,23). The smallest absolute Gasteiger partial charge is 0.348 e. The fourth-order valence-electron chi connectivity index (χ4n) is 3.25. The first-order chi connectivity index (χ1) is 12.2. The average Bonchev–Trinajstić information content (AvgIpc) is 3.37. The van der Waals surface area contributed by atoms with E-state index in [0.717, 1.165) is 30.1 Å². The normalized spacial score (nSPS) is 15.6. The van der Waals surface area contributed by atoms with Crippen molar-refractivity contribution in [2.75, 3.05) is 13.1 Å². The molecule has 1 amide bonds. The van der Waals surface area contributed by atoms with Crippen LogP contribution in [0.4, 0.5) is 0 Å². The summed E-state index contributed by atoms with van der Waals surface area (Å²) >= 11 is 1.51. The number of likely N-dealkylation sites (tertiary alicyclic amines) is 1. The van der Waals surface area contributed by atoms with E-state index in [9.17, 15) is 9.59 Å². The molecule has 0 aromatic carbocycles. The molecule has 0 saturated carbocycles. The van der Waals surface area contributed by atoms with Crippen LogP contribution in [0, 0.1) is 5.92 Å². The number of furan rings is 1. The molecule has 3 aromatic rings. The zero-order chi connectivity index (χ0) is 17.2. The maximum atomic E-state index is 12.3. The highest BCUT2D eigenvalue weighted by Crippen LogP contribution is 2.23. The summed E-state index contributed by atoms with van der Waals surface area (Å²) in [6, 6.07) is 7.25. The number of rotatable bonds is 4. The van der Waals surface area contributed by atoms with Gasteiger partial charge in [-0.2, -0.15) is 5.10 Å². The molecule has 0 spiro atoms. The lowest BCUT2D eigenvalue weighted by molar-refractivity contribution is 0.0657. The van der Waals surface area contributed by atoms with Crippen molar-refractivity contribution in [1.82, 2.24) is 19.7 Å². The van der Waals surface area contributed by atoms with Gasteiger partial charge in [0.15, 0.2) is 5.76 Å². The fourth-order valence-corrected chi connectivity index (χ4v) is 3.99. The molecule has 1 fully saturated rings. The Morgan fingerprint density at radius 1 is 1.32 bits per heavy atom. The molecule has 0 atom stereocenters. The summed E-state index contributed by atoms with van der Waals surface area (Å²) in [4.78, 5) is 26.2. The second kappa shape index (κ2) is 6.72. The Labute approximate surface area is 147 Å². The number of thiophene rings is 1. The number of carbonyl (C=O) groups excluding carboxylic acids is 1. The van der Waals surface area contributed by atoms with Gasteiger partial charge in [0.25, 0.3) is 5.91 Å². The summed E-state index contributed by atoms with van der Waals surface area (Å²) in [6.07, 6.45) is 4.01. The fraction of sp³-hybridized carbons (Fsp3) is 0.353. The van der Waals surface area contributed by atoms with Crippen LogP contribution in [0.1, 0.15) is 29.2 Å². The first-order valence-corrected chi connectivity index (χ1v) is 9.13. The van der Waals surface area contributed by atoms with Crippen LogP contribution in [0.5, 0.6) is 0 Å². The van der Waals surface area contributed by atoms with Gasteiger partial charge in [-0.15, -0.1) is 11.3 Å². The minimum Gasteiger partial charge on any atom is -0.459 e. The minimum absolute atomic E-state index is 0.0567. The van der Waals surface area contributed by atoms with Crippen molar-refractivity contribution in [3.05, 3.63) is 58.0 Å². The van der Waals surface area contributed by atoms with Gasteiger partial charge in [0.1, 0.15) is 10.8 Å². The second-order valence-corrected chi connectivity index (χ2v) is 7.07. The molecule has 25 heavy (non-hydrogen) atoms. The molecule has 1 aliphatic rings. The van der Waals surface area contributed by atoms with E-state index in [0.29, 0.717) is 24.8 Å². The molecule has 0 aliphatic carbocycles. The molecule has 4 rings (SSSR count). The molecule has 1 saturated heterocycles. The topological polar surface area (TPSA) is 84.1 Å². The molecule has 4 heterocycles. The highest BCUT2D eigenvalue weighted by molar-refractivity contribution is 7.12. The summed E-state index contributed by atoms with van der Waals surface area (Å²) < 4.78 is 6.83. The number of piperidine rings is 1. The Morgan fingerprint density at radius 3 is 2.84 bits per heavy atom. The van der Waals surface area contributed by atoms with Gasteiger partial charge in [0.05, 0.1) is 6.26 Å². The zero-order valence-corrected chi connectivity index (χ0v) is 14.4. The lowest BCUT2D eigenvalue weighted by Crippen LogP contribution is -2.39. The minimum atomic E-state index is -0.206. The number of aromatic nitrogens is 3. The average molecular weight is 358 g/mol. The molecule has 0 bridgehead atoms. The van der Waals surface area contributed by atoms with Crippen LogP contribution in [-0.2, 0) is 6.42 Å². The molecular weight excluding hydrogens is 340 g/mol. The summed E-state index contributed by atoms with van der Waals surface area (Å²) in [6.45, 7) is 1.38. The Bertz CT molecular complexity index is 887. The maximum Gasteiger partial charge on any atom is 0.348 e. The Balaban J connectivity index is 1.41. The van der Waals surface area contributed by atoms with E-state index in [4.69, 9.17) is 4.42 Å². The Morgan fingerprint density at radius 2 is 2.16 bits per heavy atom. The summed E-state index contributed by atoms with van der Waals surface area (Å²) in [5, 5.41) is 9.56. The number of hydrogen-bond acceptors (Lipinski definition) is 5. The molecule has 8 heteroatoms. The van der Waals surface area contributed by atoms with Crippen molar-refractivity contribution < 1.29 is 9.21 Å². The van der Waals surface area contributed by atoms with Crippen molar-refractivity contribution in [3.8, 4) is 5.00 Å². The number of carbonyl (C=O) groups is 1. The van der Waals surface area contributed by atoms with Gasteiger partial charge in [-0.25, -0.2) is 14.5 Å². The summed E-state index contributed by atoms with van der Waals surface area (Å²) in [5.41, 5.74) is -0.206. The molecule has 0 radical (unpaired) electrons. The number of nitrogens with one attached hydrogen (secondary N) is 1. The number of H-pyrrole nitrogens is 1. The van der Waals surface area contributed by atoms with Crippen LogP contribution in [0.3, 0.4) is 0 Å². The van der Waals surface area contributed by atoms with E-state index in [-0.39, 0.29) is 11.6 Å². The Kier molecular flexibility index (Phi) is 4.27. The number of hydrogen-bond donors (Lipinski definition) is 1. The van der Waals surface area contributed by atoms with Gasteiger partial charge in [-0.1, -0.05) is 0 Å². The van der Waals surface area contributed by atoms with Crippen molar-refractivity contribution in [2.45, 2.75) is 19.3 Å². The molecule has 0 unspecified atom stereocenters. The predicted molar refractivity (Wildman–Crippen MR) is 93.1 cm³/mol. The van der Waals surface area contributed by atoms with Crippen LogP contribution < -0.4 is 5.69 Å². The molecule has 7 nitrogen and oxygen atoms in total. The second-order valence-electron chi connectivity index (χ2n) is 6.15. The third-order valence-electron chi connectivity index (χ3n) is 4.57. The lowest BCUT2D eigenvalue weighted by Gasteiger charge is -2.31. The third-order valence-corrected chi connectivity index (χ3v) is 5.43. The highest BCUT2D eigenvalue weighted by atomic mass is 32.1. The molecule has 3 aromatic heterocycles. The summed E-state index contributed by atoms with van der Waals surface area (Å²) in [7, 11) is 0. The van der Waals surface area contributed by atoms with Gasteiger partial charge in [-0.05, 0) is 48.4 Å². The molecule has 130 valence electrons. The van der Waals surface area contributed by atoms with Gasteiger partial charge in [0, 0.05) is 19.5 Å². The van der Waals surface area contributed by atoms with E-state index in [2.05, 4.69) is 10.2 Å². The number of amides is 1. The quantitative estimate of drug-likeness (QED) is 0.776. The van der Waals surface area contributed by atoms with Gasteiger partial charge < -0.3 is 9.32 Å². The molecule has 1 N–H and O–H groups in total. The van der Waals surface area contributed by atoms with E-state index in [1.165, 1.54) is 17.6 Å². The first-order valence-electron chi connectivity index (χ1n) is 8.25. The van der Waals surface area contributed by atoms with Crippen molar-refractivity contribution >= 4 is 17.2 Å². The van der Waals surface area contributed by atoms with Crippen molar-refractivity contribution in [2.24, 2.45) is 5.92 Å². The van der Waals surface area contributed by atoms with Crippen LogP contribution in [0.25, 0.3) is 5.00 Å². The predicted octanol–water partition coefficient (Wildman–Crippen LogP) is 2.31. The van der Waals surface area contributed by atoms with E-state index in [1.54, 1.807) is 16.7 Å². The largest absolute Gasteiger partial charge is 0.459 e. The maximum absolute atomic E-state index is 12.3. The third kappa shape index (κ3) is 3.17. The zero-order valence-electron chi connectivity index (χ0n) is 13.6. The Hall–Kier alpha value is -2.61. The van der Waals surface area contributed by atoms with Crippen molar-refractivity contribution in [1.29, 1.82) is 0 Å². The van der Waals surface area contributed by atoms with Gasteiger partial charge in [0.2, 0.25) is 0 Å². The van der Waals surface area contributed by atoms with Crippen molar-refractivity contribution in [3.63, 3.8) is 0 Å².